The summed E-state index contributed by atoms with van der Waals surface area (Å²) < 4.78 is 3.39. The van der Waals surface area contributed by atoms with Crippen LogP contribution in [0.4, 0.5) is 0 Å². The third-order valence-electron chi connectivity index (χ3n) is 2.85. The molecule has 1 amide bonds. The van der Waals surface area contributed by atoms with Gasteiger partial charge in [0, 0.05) is 19.3 Å². The minimum absolute atomic E-state index is 0.213. The summed E-state index contributed by atoms with van der Waals surface area (Å²) in [5, 5.41) is 11.1. The third kappa shape index (κ3) is 2.81. The molecule has 0 aromatic carbocycles. The molecule has 0 bridgehead atoms. The molecule has 1 unspecified atom stereocenters. The number of carbonyl (C=O) groups excluding carboxylic acids is 1. The number of nitrogens with one attached hydrogen (secondary N) is 1. The van der Waals surface area contributed by atoms with E-state index in [-0.39, 0.29) is 18.0 Å². The van der Waals surface area contributed by atoms with Crippen LogP contribution in [0.15, 0.2) is 18.6 Å². The van der Waals surface area contributed by atoms with E-state index in [0.717, 1.165) is 0 Å². The zero-order valence-electron chi connectivity index (χ0n) is 11.5. The first-order valence-corrected chi connectivity index (χ1v) is 6.19. The first-order valence-electron chi connectivity index (χ1n) is 6.19. The van der Waals surface area contributed by atoms with E-state index in [1.165, 1.54) is 6.33 Å². The average molecular weight is 262 g/mol. The lowest BCUT2D eigenvalue weighted by Gasteiger charge is -2.11. The maximum atomic E-state index is 12.1. The van der Waals surface area contributed by atoms with Gasteiger partial charge in [0.25, 0.3) is 5.91 Å². The van der Waals surface area contributed by atoms with Gasteiger partial charge in [0.1, 0.15) is 17.8 Å². The second-order valence-corrected chi connectivity index (χ2v) is 4.71. The molecule has 2 heterocycles. The van der Waals surface area contributed by atoms with Gasteiger partial charge < -0.3 is 5.32 Å². The van der Waals surface area contributed by atoms with Gasteiger partial charge in [-0.3, -0.25) is 14.2 Å². The highest BCUT2D eigenvalue weighted by atomic mass is 16.2. The lowest BCUT2D eigenvalue weighted by molar-refractivity contribution is 0.0931. The van der Waals surface area contributed by atoms with Crippen LogP contribution in [-0.2, 0) is 7.05 Å². The summed E-state index contributed by atoms with van der Waals surface area (Å²) in [6.07, 6.45) is 3.26. The monoisotopic (exact) mass is 262 g/mol. The first kappa shape index (κ1) is 13.3. The maximum Gasteiger partial charge on any atom is 0.272 e. The molecule has 1 atom stereocenters. The fourth-order valence-electron chi connectivity index (χ4n) is 1.78. The van der Waals surface area contributed by atoms with Crippen LogP contribution in [0.1, 0.15) is 49.2 Å². The summed E-state index contributed by atoms with van der Waals surface area (Å²) in [5.41, 5.74) is 0.405. The Labute approximate surface area is 111 Å². The van der Waals surface area contributed by atoms with Crippen LogP contribution in [0.25, 0.3) is 0 Å². The van der Waals surface area contributed by atoms with Crippen molar-refractivity contribution >= 4 is 5.91 Å². The van der Waals surface area contributed by atoms with Crippen LogP contribution >= 0.6 is 0 Å². The quantitative estimate of drug-likeness (QED) is 0.894. The lowest BCUT2D eigenvalue weighted by atomic mass is 10.3. The van der Waals surface area contributed by atoms with Crippen LogP contribution in [0.5, 0.6) is 0 Å². The second kappa shape index (κ2) is 5.21. The molecule has 0 aliphatic rings. The van der Waals surface area contributed by atoms with Crippen molar-refractivity contribution in [3.8, 4) is 0 Å². The van der Waals surface area contributed by atoms with E-state index in [4.69, 9.17) is 0 Å². The van der Waals surface area contributed by atoms with Crippen molar-refractivity contribution in [2.45, 2.75) is 32.9 Å². The molecule has 7 nitrogen and oxygen atoms in total. The second-order valence-electron chi connectivity index (χ2n) is 4.71. The molecule has 2 aromatic rings. The Hall–Kier alpha value is -2.18. The van der Waals surface area contributed by atoms with E-state index in [1.54, 1.807) is 28.7 Å². The molecule has 0 radical (unpaired) electrons. The number of carbonyl (C=O) groups is 1. The zero-order chi connectivity index (χ0) is 14.0. The van der Waals surface area contributed by atoms with Gasteiger partial charge in [-0.05, 0) is 26.8 Å². The van der Waals surface area contributed by atoms with Crippen molar-refractivity contribution in [1.29, 1.82) is 0 Å². The highest BCUT2D eigenvalue weighted by Gasteiger charge is 2.17. The third-order valence-corrected chi connectivity index (χ3v) is 2.85. The van der Waals surface area contributed by atoms with E-state index in [2.05, 4.69) is 20.5 Å². The Morgan fingerprint density at radius 1 is 1.37 bits per heavy atom. The van der Waals surface area contributed by atoms with E-state index >= 15 is 0 Å². The van der Waals surface area contributed by atoms with E-state index in [0.29, 0.717) is 11.5 Å². The minimum atomic E-state index is -0.218. The van der Waals surface area contributed by atoms with Crippen LogP contribution < -0.4 is 5.32 Å². The Kier molecular flexibility index (Phi) is 3.64. The van der Waals surface area contributed by atoms with Crippen molar-refractivity contribution in [2.75, 3.05) is 0 Å². The Morgan fingerprint density at radius 3 is 2.63 bits per heavy atom. The standard InChI is InChI=1S/C12H18N6O/c1-8(2)18-6-5-10(16-18)12(19)15-9(3)11-13-7-14-17(11)4/h5-9H,1-4H3,(H,15,19). The normalized spacial score (nSPS) is 12.7. The molecule has 0 saturated carbocycles. The molecule has 1 N–H and O–H groups in total. The fraction of sp³-hybridized carbons (Fsp3) is 0.500. The molecular formula is C12H18N6O. The van der Waals surface area contributed by atoms with Gasteiger partial charge in [0.2, 0.25) is 0 Å². The number of hydrogen-bond acceptors (Lipinski definition) is 4. The topological polar surface area (TPSA) is 77.6 Å². The highest BCUT2D eigenvalue weighted by Crippen LogP contribution is 2.09. The summed E-state index contributed by atoms with van der Waals surface area (Å²) in [6.45, 7) is 5.88. The minimum Gasteiger partial charge on any atom is -0.341 e. The average Bonchev–Trinajstić information content (AvgIpc) is 2.96. The van der Waals surface area contributed by atoms with Crippen molar-refractivity contribution in [1.82, 2.24) is 29.9 Å². The molecule has 0 aliphatic carbocycles. The van der Waals surface area contributed by atoms with Gasteiger partial charge >= 0.3 is 0 Å². The maximum absolute atomic E-state index is 12.1. The largest absolute Gasteiger partial charge is 0.341 e. The SMILES string of the molecule is CC(NC(=O)c1ccn(C(C)C)n1)c1ncnn1C. The molecule has 0 aliphatic heterocycles. The van der Waals surface area contributed by atoms with Gasteiger partial charge in [0.15, 0.2) is 0 Å². The van der Waals surface area contributed by atoms with Gasteiger partial charge in [0.05, 0.1) is 6.04 Å². The Morgan fingerprint density at radius 2 is 2.11 bits per heavy atom. The van der Waals surface area contributed by atoms with Crippen molar-refractivity contribution in [2.24, 2.45) is 7.05 Å². The van der Waals surface area contributed by atoms with Gasteiger partial charge in [-0.1, -0.05) is 0 Å². The molecule has 0 spiro atoms. The van der Waals surface area contributed by atoms with E-state index in [9.17, 15) is 4.79 Å². The molecule has 102 valence electrons. The molecule has 0 fully saturated rings. The number of hydrogen-bond donors (Lipinski definition) is 1. The van der Waals surface area contributed by atoms with Crippen molar-refractivity contribution in [3.63, 3.8) is 0 Å². The molecule has 19 heavy (non-hydrogen) atoms. The summed E-state index contributed by atoms with van der Waals surface area (Å²) in [6, 6.07) is 1.72. The van der Waals surface area contributed by atoms with Crippen LogP contribution in [0.3, 0.4) is 0 Å². The van der Waals surface area contributed by atoms with Gasteiger partial charge in [-0.15, -0.1) is 0 Å². The number of amides is 1. The molecule has 2 aromatic heterocycles. The van der Waals surface area contributed by atoms with Crippen molar-refractivity contribution < 1.29 is 4.79 Å². The Bertz CT molecular complexity index is 570. The molecule has 0 saturated heterocycles. The van der Waals surface area contributed by atoms with Crippen LogP contribution in [0, 0.1) is 0 Å². The van der Waals surface area contributed by atoms with Gasteiger partial charge in [-0.25, -0.2) is 4.98 Å². The predicted octanol–water partition coefficient (Wildman–Crippen LogP) is 1.08. The molecular weight excluding hydrogens is 244 g/mol. The zero-order valence-corrected chi connectivity index (χ0v) is 11.5. The van der Waals surface area contributed by atoms with E-state index in [1.807, 2.05) is 20.8 Å². The Balaban J connectivity index is 2.06. The number of nitrogens with zero attached hydrogens (tertiary/aromatic N) is 5. The summed E-state index contributed by atoms with van der Waals surface area (Å²) in [5.74, 6) is 0.492. The summed E-state index contributed by atoms with van der Waals surface area (Å²) in [7, 11) is 1.79. The molecule has 7 heteroatoms. The number of rotatable bonds is 4. The fourth-order valence-corrected chi connectivity index (χ4v) is 1.78. The van der Waals surface area contributed by atoms with Crippen LogP contribution in [-0.4, -0.2) is 30.5 Å². The number of aromatic nitrogens is 5. The first-order chi connectivity index (χ1) is 8.99. The smallest absolute Gasteiger partial charge is 0.272 e. The number of aryl methyl sites for hydroxylation is 1. The lowest BCUT2D eigenvalue weighted by Crippen LogP contribution is -2.29. The summed E-state index contributed by atoms with van der Waals surface area (Å²) >= 11 is 0. The van der Waals surface area contributed by atoms with E-state index < -0.39 is 0 Å². The highest BCUT2D eigenvalue weighted by molar-refractivity contribution is 5.92. The van der Waals surface area contributed by atoms with Crippen LogP contribution in [0.2, 0.25) is 0 Å². The van der Waals surface area contributed by atoms with Crippen molar-refractivity contribution in [3.05, 3.63) is 30.1 Å². The van der Waals surface area contributed by atoms with Gasteiger partial charge in [-0.2, -0.15) is 10.2 Å². The molecule has 2 rings (SSSR count). The summed E-state index contributed by atoms with van der Waals surface area (Å²) in [4.78, 5) is 16.2. The predicted molar refractivity (Wildman–Crippen MR) is 69.5 cm³/mol.